The molecule has 0 bridgehead atoms. The summed E-state index contributed by atoms with van der Waals surface area (Å²) in [6.07, 6.45) is 1.56. The number of carbonyl (C=O) groups is 3. The molecule has 172 valence electrons. The van der Waals surface area contributed by atoms with Crippen LogP contribution in [-0.2, 0) is 24.5 Å². The molecule has 0 saturated carbocycles. The van der Waals surface area contributed by atoms with E-state index in [9.17, 15) is 32.5 Å². The number of hydrogen-bond donors (Lipinski definition) is 4. The van der Waals surface area contributed by atoms with Crippen molar-refractivity contribution >= 4 is 63.2 Å². The maximum absolute atomic E-state index is 12.7. The van der Waals surface area contributed by atoms with Gasteiger partial charge in [-0.05, 0) is 22.3 Å². The first-order chi connectivity index (χ1) is 15.1. The van der Waals surface area contributed by atoms with E-state index in [0.717, 1.165) is 40.2 Å². The van der Waals surface area contributed by atoms with Crippen molar-refractivity contribution in [2.75, 3.05) is 17.8 Å². The number of tetrazole rings is 1. The number of fused-ring (bicyclic) bond motifs is 1. The van der Waals surface area contributed by atoms with Gasteiger partial charge in [0.1, 0.15) is 17.1 Å². The molecule has 2 amide bonds. The molecule has 1 aromatic rings. The molecule has 0 aliphatic carbocycles. The van der Waals surface area contributed by atoms with Crippen molar-refractivity contribution < 1.29 is 32.5 Å². The number of β-lactam (4-membered cyclic amide) rings is 1. The lowest BCUT2D eigenvalue weighted by molar-refractivity contribution is -0.150. The van der Waals surface area contributed by atoms with Crippen molar-refractivity contribution in [3.05, 3.63) is 11.3 Å². The summed E-state index contributed by atoms with van der Waals surface area (Å²) in [5.41, 5.74) is -0.352. The number of aliphatic carboxylic acids is 1. The van der Waals surface area contributed by atoms with E-state index >= 15 is 0 Å². The van der Waals surface area contributed by atoms with Gasteiger partial charge in [-0.1, -0.05) is 11.8 Å². The largest absolute Gasteiger partial charge is 0.477 e. The summed E-state index contributed by atoms with van der Waals surface area (Å²) in [4.78, 5) is 37.9. The highest BCUT2D eigenvalue weighted by atomic mass is 32.2. The number of carbonyl (C=O) groups excluding carboxylic acids is 2. The highest BCUT2D eigenvalue weighted by molar-refractivity contribution is 8.01. The van der Waals surface area contributed by atoms with Crippen molar-refractivity contribution in [2.24, 2.45) is 0 Å². The van der Waals surface area contributed by atoms with Gasteiger partial charge in [-0.15, -0.1) is 28.6 Å². The van der Waals surface area contributed by atoms with Gasteiger partial charge in [0, 0.05) is 5.75 Å². The molecule has 1 fully saturated rings. The van der Waals surface area contributed by atoms with E-state index in [4.69, 9.17) is 5.26 Å². The normalized spacial score (nSPS) is 22.4. The summed E-state index contributed by atoms with van der Waals surface area (Å²) in [5, 5.41) is 31.2. The Bertz CT molecular complexity index is 1100. The smallest absolute Gasteiger partial charge is 0.352 e. The predicted octanol–water partition coefficient (Wildman–Crippen LogP) is -1.46. The Labute approximate surface area is 193 Å². The number of nitrogens with one attached hydrogen (secondary N) is 2. The summed E-state index contributed by atoms with van der Waals surface area (Å²) in [7, 11) is -4.53. The molecule has 3 heterocycles. The Hall–Kier alpha value is -2.33. The third kappa shape index (κ3) is 5.01. The Kier molecular flexibility index (Phi) is 7.34. The van der Waals surface area contributed by atoms with Gasteiger partial charge in [0.05, 0.1) is 17.1 Å². The van der Waals surface area contributed by atoms with Crippen molar-refractivity contribution in [3.8, 4) is 6.07 Å². The summed E-state index contributed by atoms with van der Waals surface area (Å²) in [6, 6.07) is 0.767. The number of carboxylic acids is 1. The lowest BCUT2D eigenvalue weighted by Gasteiger charge is -2.50. The third-order valence-electron chi connectivity index (χ3n) is 4.42. The molecule has 3 unspecified atom stereocenters. The van der Waals surface area contributed by atoms with E-state index in [0.29, 0.717) is 0 Å². The molecule has 2 aliphatic rings. The van der Waals surface area contributed by atoms with Crippen LogP contribution in [0.15, 0.2) is 16.4 Å². The second-order valence-electron chi connectivity index (χ2n) is 6.38. The van der Waals surface area contributed by atoms with Gasteiger partial charge in [0.2, 0.25) is 11.1 Å². The van der Waals surface area contributed by atoms with Gasteiger partial charge >= 0.3 is 5.97 Å². The fourth-order valence-corrected chi connectivity index (χ4v) is 7.14. The van der Waals surface area contributed by atoms with E-state index < -0.39 is 61.3 Å². The van der Waals surface area contributed by atoms with E-state index in [-0.39, 0.29) is 16.5 Å². The molecule has 1 saturated heterocycles. The van der Waals surface area contributed by atoms with E-state index in [1.165, 1.54) is 0 Å². The SMILES string of the molecule is CSC(C#N)C(=O)NC1C(=O)N2C(C(=O)O)=C(C(CS(=O)(=O)O)Sc3nnn[nH]3)CS[C@@H]12. The molecule has 1 aromatic heterocycles. The highest BCUT2D eigenvalue weighted by Crippen LogP contribution is 2.43. The van der Waals surface area contributed by atoms with Crippen LogP contribution in [-0.4, -0.2) is 101 Å². The molecule has 0 radical (unpaired) electrons. The van der Waals surface area contributed by atoms with Crippen LogP contribution in [0.2, 0.25) is 0 Å². The fraction of sp³-hybridized carbons (Fsp3) is 0.500. The van der Waals surface area contributed by atoms with Crippen molar-refractivity contribution in [1.29, 1.82) is 5.26 Å². The molecule has 2 aliphatic heterocycles. The molecule has 0 spiro atoms. The van der Waals surface area contributed by atoms with Gasteiger partial charge in [-0.2, -0.15) is 13.7 Å². The highest BCUT2D eigenvalue weighted by Gasteiger charge is 2.55. The minimum atomic E-state index is -4.53. The van der Waals surface area contributed by atoms with Gasteiger partial charge in [0.25, 0.3) is 16.0 Å². The lowest BCUT2D eigenvalue weighted by Crippen LogP contribution is -2.71. The number of aromatic nitrogens is 4. The maximum Gasteiger partial charge on any atom is 0.352 e. The predicted molar refractivity (Wildman–Crippen MR) is 113 cm³/mol. The number of H-pyrrole nitrogens is 1. The zero-order chi connectivity index (χ0) is 23.6. The summed E-state index contributed by atoms with van der Waals surface area (Å²) < 4.78 is 32.5. The Morgan fingerprint density at radius 2 is 2.22 bits per heavy atom. The molecule has 18 heteroatoms. The zero-order valence-corrected chi connectivity index (χ0v) is 19.3. The Balaban J connectivity index is 1.91. The van der Waals surface area contributed by atoms with Gasteiger partial charge in [-0.3, -0.25) is 19.0 Å². The van der Waals surface area contributed by atoms with Crippen molar-refractivity contribution in [3.63, 3.8) is 0 Å². The summed E-state index contributed by atoms with van der Waals surface area (Å²) in [5.74, 6) is -3.68. The lowest BCUT2D eigenvalue weighted by atomic mass is 10.0. The molecule has 4 atom stereocenters. The maximum atomic E-state index is 12.7. The molecule has 4 N–H and O–H groups in total. The first-order valence-electron chi connectivity index (χ1n) is 8.56. The Morgan fingerprint density at radius 1 is 1.50 bits per heavy atom. The second kappa shape index (κ2) is 9.66. The van der Waals surface area contributed by atoms with E-state index in [1.807, 2.05) is 0 Å². The summed E-state index contributed by atoms with van der Waals surface area (Å²) in [6.45, 7) is 0. The first-order valence-corrected chi connectivity index (χ1v) is 13.4. The monoisotopic (exact) mass is 521 g/mol. The molecule has 32 heavy (non-hydrogen) atoms. The van der Waals surface area contributed by atoms with Crippen LogP contribution in [0.5, 0.6) is 0 Å². The summed E-state index contributed by atoms with van der Waals surface area (Å²) >= 11 is 2.90. The number of amides is 2. The van der Waals surface area contributed by atoms with Gasteiger partial charge < -0.3 is 10.4 Å². The minimum Gasteiger partial charge on any atom is -0.477 e. The average molecular weight is 522 g/mol. The number of aromatic amines is 1. The van der Waals surface area contributed by atoms with Crippen LogP contribution in [0, 0.1) is 11.3 Å². The van der Waals surface area contributed by atoms with Gasteiger partial charge in [-0.25, -0.2) is 9.89 Å². The topological polar surface area (TPSA) is 219 Å². The van der Waals surface area contributed by atoms with Gasteiger partial charge in [0.15, 0.2) is 5.25 Å². The van der Waals surface area contributed by atoms with E-state index in [1.54, 1.807) is 12.3 Å². The second-order valence-corrected chi connectivity index (χ2v) is 11.1. The van der Waals surface area contributed by atoms with Crippen LogP contribution in [0.1, 0.15) is 0 Å². The minimum absolute atomic E-state index is 0.00140. The van der Waals surface area contributed by atoms with Crippen LogP contribution < -0.4 is 5.32 Å². The van der Waals surface area contributed by atoms with E-state index in [2.05, 4.69) is 25.9 Å². The van der Waals surface area contributed by atoms with Crippen LogP contribution >= 0.6 is 35.3 Å². The first kappa shape index (κ1) is 24.3. The average Bonchev–Trinajstić information content (AvgIpc) is 3.23. The quantitative estimate of drug-likeness (QED) is 0.166. The standard InChI is InChI=1S/C14H15N7O7S4/c1-29-6(2-15)10(22)16-8-11(23)21-9(13(24)25)5(3-30-12(8)21)7(4-32(26,27)28)31-14-17-19-20-18-14/h6-8,12H,3-4H2,1H3,(H,16,22)(H,24,25)(H,26,27,28)(H,17,18,19,20)/t6?,7?,8?,12-/m0/s1. The number of hydrogen-bond acceptors (Lipinski definition) is 12. The van der Waals surface area contributed by atoms with Crippen LogP contribution in [0.4, 0.5) is 0 Å². The number of rotatable bonds is 9. The van der Waals surface area contributed by atoms with Crippen molar-refractivity contribution in [2.45, 2.75) is 27.1 Å². The molecule has 14 nitrogen and oxygen atoms in total. The molecular weight excluding hydrogens is 506 g/mol. The number of nitrogens with zero attached hydrogens (tertiary/aromatic N) is 5. The Morgan fingerprint density at radius 3 is 2.75 bits per heavy atom. The molecular formula is C14H15N7O7S4. The fourth-order valence-electron chi connectivity index (χ4n) is 3.07. The molecule has 3 rings (SSSR count). The van der Waals surface area contributed by atoms with Crippen LogP contribution in [0.25, 0.3) is 0 Å². The number of nitriles is 1. The molecule has 0 aromatic carbocycles. The third-order valence-corrected chi connectivity index (χ3v) is 8.61. The number of carboxylic acid groups (broad SMARTS) is 1. The van der Waals surface area contributed by atoms with Crippen LogP contribution in [0.3, 0.4) is 0 Å². The number of thioether (sulfide) groups is 3. The zero-order valence-electron chi connectivity index (χ0n) is 16.0. The van der Waals surface area contributed by atoms with Crippen molar-refractivity contribution in [1.82, 2.24) is 30.8 Å².